The van der Waals surface area contributed by atoms with Crippen molar-refractivity contribution in [1.29, 1.82) is 0 Å². The summed E-state index contributed by atoms with van der Waals surface area (Å²) in [5.41, 5.74) is 0.363. The van der Waals surface area contributed by atoms with Crippen molar-refractivity contribution in [1.82, 2.24) is 0 Å². The second-order valence-corrected chi connectivity index (χ2v) is 4.18. The van der Waals surface area contributed by atoms with Gasteiger partial charge in [0.15, 0.2) is 0 Å². The number of halogens is 2. The molecule has 1 aromatic rings. The average Bonchev–Trinajstić information content (AvgIpc) is 2.28. The Balaban J connectivity index is 2.62. The quantitative estimate of drug-likeness (QED) is 0.667. The van der Waals surface area contributed by atoms with E-state index in [1.54, 1.807) is 12.1 Å². The summed E-state index contributed by atoms with van der Waals surface area (Å²) in [7, 11) is 0. The van der Waals surface area contributed by atoms with Crippen molar-refractivity contribution in [2.45, 2.75) is 18.9 Å². The molecule has 3 heteroatoms. The maximum Gasteiger partial charge on any atom is 0.138 e. The third-order valence-electron chi connectivity index (χ3n) is 1.99. The van der Waals surface area contributed by atoms with Crippen LogP contribution in [0.2, 0.25) is 0 Å². The lowest BCUT2D eigenvalue weighted by Gasteiger charge is -1.99. The third-order valence-corrected chi connectivity index (χ3v) is 2.48. The van der Waals surface area contributed by atoms with E-state index in [9.17, 15) is 9.50 Å². The molecule has 0 saturated carbocycles. The summed E-state index contributed by atoms with van der Waals surface area (Å²) in [6.07, 6.45) is 1.95. The number of benzene rings is 1. The zero-order valence-corrected chi connectivity index (χ0v) is 10.3. The molecule has 16 heavy (non-hydrogen) atoms. The molecule has 1 unspecified atom stereocenters. The molecule has 1 nitrogen and oxygen atoms in total. The minimum Gasteiger partial charge on any atom is -0.389 e. The third kappa shape index (κ3) is 4.18. The molecule has 0 heterocycles. The molecule has 0 aliphatic heterocycles. The van der Waals surface area contributed by atoms with Crippen molar-refractivity contribution in [2.75, 3.05) is 0 Å². The lowest BCUT2D eigenvalue weighted by molar-refractivity contribution is 0.215. The van der Waals surface area contributed by atoms with Crippen LogP contribution in [-0.4, -0.2) is 11.2 Å². The van der Waals surface area contributed by atoms with Gasteiger partial charge in [-0.05, 0) is 24.6 Å². The maximum absolute atomic E-state index is 13.2. The number of hydrogen-bond donors (Lipinski definition) is 1. The van der Waals surface area contributed by atoms with Crippen LogP contribution in [0.5, 0.6) is 0 Å². The summed E-state index contributed by atoms with van der Waals surface area (Å²) in [6.45, 7) is 3.46. The van der Waals surface area contributed by atoms with Gasteiger partial charge in [0.2, 0.25) is 0 Å². The average molecular weight is 283 g/mol. The van der Waals surface area contributed by atoms with E-state index in [4.69, 9.17) is 0 Å². The number of aliphatic hydroxyl groups excluding tert-OH is 1. The van der Waals surface area contributed by atoms with Gasteiger partial charge in [0.1, 0.15) is 5.82 Å². The van der Waals surface area contributed by atoms with Crippen LogP contribution in [0.25, 0.3) is 0 Å². The second kappa shape index (κ2) is 6.47. The first-order valence-corrected chi connectivity index (χ1v) is 5.67. The van der Waals surface area contributed by atoms with Crippen LogP contribution in [0.15, 0.2) is 35.3 Å². The Morgan fingerprint density at radius 3 is 3.00 bits per heavy atom. The molecule has 1 aromatic carbocycles. The summed E-state index contributed by atoms with van der Waals surface area (Å²) in [6, 6.07) is 4.63. The van der Waals surface area contributed by atoms with Crippen LogP contribution >= 0.6 is 15.9 Å². The van der Waals surface area contributed by atoms with Gasteiger partial charge >= 0.3 is 0 Å². The van der Waals surface area contributed by atoms with E-state index in [0.717, 1.165) is 4.47 Å². The highest BCUT2D eigenvalue weighted by atomic mass is 79.9. The van der Waals surface area contributed by atoms with E-state index in [1.807, 2.05) is 0 Å². The van der Waals surface area contributed by atoms with Crippen LogP contribution < -0.4 is 0 Å². The largest absolute Gasteiger partial charge is 0.389 e. The fourth-order valence-corrected chi connectivity index (χ4v) is 1.45. The van der Waals surface area contributed by atoms with Gasteiger partial charge in [-0.3, -0.25) is 0 Å². The van der Waals surface area contributed by atoms with Crippen molar-refractivity contribution in [3.05, 3.63) is 46.7 Å². The minimum atomic E-state index is -0.540. The second-order valence-electron chi connectivity index (χ2n) is 3.27. The monoisotopic (exact) mass is 282 g/mol. The SMILES string of the molecule is C=CC(O)CCC#Cc1cc(Br)ccc1F. The Labute approximate surface area is 103 Å². The van der Waals surface area contributed by atoms with Gasteiger partial charge < -0.3 is 5.11 Å². The number of hydrogen-bond acceptors (Lipinski definition) is 1. The summed E-state index contributed by atoms with van der Waals surface area (Å²) in [5, 5.41) is 9.19. The normalized spacial score (nSPS) is 11.4. The van der Waals surface area contributed by atoms with Gasteiger partial charge in [-0.1, -0.05) is 33.8 Å². The van der Waals surface area contributed by atoms with Crippen LogP contribution in [0.1, 0.15) is 18.4 Å². The minimum absolute atomic E-state index is 0.333. The van der Waals surface area contributed by atoms with Crippen molar-refractivity contribution in [3.8, 4) is 11.8 Å². The summed E-state index contributed by atoms with van der Waals surface area (Å²) in [5.74, 6) is 5.22. The molecule has 1 atom stereocenters. The molecule has 0 saturated heterocycles. The van der Waals surface area contributed by atoms with Crippen molar-refractivity contribution in [3.63, 3.8) is 0 Å². The highest BCUT2D eigenvalue weighted by molar-refractivity contribution is 9.10. The van der Waals surface area contributed by atoms with E-state index in [2.05, 4.69) is 34.3 Å². The Morgan fingerprint density at radius 2 is 2.31 bits per heavy atom. The first kappa shape index (κ1) is 13.0. The molecular formula is C13H12BrFO. The standard InChI is InChI=1S/C13H12BrFO/c1-2-12(16)6-4-3-5-10-9-11(14)7-8-13(10)15/h2,7-9,12,16H,1,4,6H2. The Kier molecular flexibility index (Phi) is 5.24. The summed E-state index contributed by atoms with van der Waals surface area (Å²) < 4.78 is 14.0. The number of rotatable bonds is 3. The molecule has 0 aliphatic rings. The van der Waals surface area contributed by atoms with Gasteiger partial charge in [0.05, 0.1) is 11.7 Å². The molecule has 0 aromatic heterocycles. The predicted octanol–water partition coefficient (Wildman–Crippen LogP) is 3.27. The fourth-order valence-electron chi connectivity index (χ4n) is 1.09. The van der Waals surface area contributed by atoms with Crippen molar-refractivity contribution in [2.24, 2.45) is 0 Å². The first-order valence-electron chi connectivity index (χ1n) is 4.88. The maximum atomic E-state index is 13.2. The topological polar surface area (TPSA) is 20.2 Å². The predicted molar refractivity (Wildman–Crippen MR) is 66.4 cm³/mol. The first-order chi connectivity index (χ1) is 7.63. The van der Waals surface area contributed by atoms with Gasteiger partial charge in [-0.25, -0.2) is 4.39 Å². The van der Waals surface area contributed by atoms with E-state index >= 15 is 0 Å². The summed E-state index contributed by atoms with van der Waals surface area (Å²) in [4.78, 5) is 0. The van der Waals surface area contributed by atoms with E-state index in [-0.39, 0.29) is 5.82 Å². The molecular weight excluding hydrogens is 271 g/mol. The Morgan fingerprint density at radius 1 is 1.56 bits per heavy atom. The van der Waals surface area contributed by atoms with Gasteiger partial charge in [-0.2, -0.15) is 0 Å². The molecule has 0 bridgehead atoms. The van der Waals surface area contributed by atoms with Gasteiger partial charge in [0, 0.05) is 10.9 Å². The molecule has 1 rings (SSSR count). The fraction of sp³-hybridized carbons (Fsp3) is 0.231. The van der Waals surface area contributed by atoms with Gasteiger partial charge in [0.25, 0.3) is 0 Å². The summed E-state index contributed by atoms with van der Waals surface area (Å²) >= 11 is 3.25. The molecule has 0 amide bonds. The zero-order valence-electron chi connectivity index (χ0n) is 8.71. The highest BCUT2D eigenvalue weighted by Crippen LogP contribution is 2.14. The van der Waals surface area contributed by atoms with E-state index in [0.29, 0.717) is 18.4 Å². The number of aliphatic hydroxyl groups is 1. The Hall–Kier alpha value is -1.11. The van der Waals surface area contributed by atoms with Crippen molar-refractivity contribution >= 4 is 15.9 Å². The smallest absolute Gasteiger partial charge is 0.138 e. The van der Waals surface area contributed by atoms with Crippen LogP contribution in [0.3, 0.4) is 0 Å². The van der Waals surface area contributed by atoms with E-state index in [1.165, 1.54) is 12.1 Å². The molecule has 1 N–H and O–H groups in total. The van der Waals surface area contributed by atoms with Crippen molar-refractivity contribution < 1.29 is 9.50 Å². The molecule has 0 radical (unpaired) electrons. The molecule has 84 valence electrons. The lowest BCUT2D eigenvalue weighted by Crippen LogP contribution is -1.99. The highest BCUT2D eigenvalue weighted by Gasteiger charge is 1.99. The van der Waals surface area contributed by atoms with Crippen LogP contribution in [0, 0.1) is 17.7 Å². The van der Waals surface area contributed by atoms with Gasteiger partial charge in [-0.15, -0.1) is 6.58 Å². The molecule has 0 fully saturated rings. The zero-order chi connectivity index (χ0) is 12.0. The molecule has 0 aliphatic carbocycles. The lowest BCUT2D eigenvalue weighted by atomic mass is 10.1. The molecule has 0 spiro atoms. The van der Waals surface area contributed by atoms with Crippen LogP contribution in [0.4, 0.5) is 4.39 Å². The van der Waals surface area contributed by atoms with E-state index < -0.39 is 6.10 Å². The Bertz CT molecular complexity index is 431. The van der Waals surface area contributed by atoms with Crippen LogP contribution in [-0.2, 0) is 0 Å².